The molecule has 6 aromatic rings. The summed E-state index contributed by atoms with van der Waals surface area (Å²) in [7, 11) is 0. The lowest BCUT2D eigenvalue weighted by molar-refractivity contribution is -0.159. The molecule has 0 aliphatic carbocycles. The monoisotopic (exact) mass is 982 g/mol. The fraction of sp³-hybridized carbons (Fsp3) is 0.429. The highest BCUT2D eigenvalue weighted by Crippen LogP contribution is 2.39. The summed E-state index contributed by atoms with van der Waals surface area (Å²) in [5.74, 6) is -2.79. The lowest BCUT2D eigenvalue weighted by Crippen LogP contribution is -2.58. The highest BCUT2D eigenvalue weighted by atomic mass is 32.1. The maximum absolute atomic E-state index is 13.6. The summed E-state index contributed by atoms with van der Waals surface area (Å²) in [6.07, 6.45) is 2.67. The molecule has 2 saturated heterocycles. The van der Waals surface area contributed by atoms with Crippen LogP contribution in [0.2, 0.25) is 0 Å². The van der Waals surface area contributed by atoms with Crippen molar-refractivity contribution in [2.45, 2.75) is 101 Å². The van der Waals surface area contributed by atoms with Crippen LogP contribution in [0.25, 0.3) is 22.6 Å². The van der Waals surface area contributed by atoms with Gasteiger partial charge in [0.2, 0.25) is 5.82 Å². The van der Waals surface area contributed by atoms with E-state index < -0.39 is 47.8 Å². The van der Waals surface area contributed by atoms with Gasteiger partial charge in [-0.3, -0.25) is 29.3 Å². The fourth-order valence-corrected chi connectivity index (χ4v) is 10.4. The number of aryl methyl sites for hydroxylation is 2. The number of carbonyl (C=O) groups excluding carboxylic acids is 3. The van der Waals surface area contributed by atoms with Crippen molar-refractivity contribution in [1.82, 2.24) is 50.6 Å². The number of nitrogens with zero attached hydrogens (tertiary/aromatic N) is 8. The van der Waals surface area contributed by atoms with Crippen molar-refractivity contribution in [2.75, 3.05) is 32.8 Å². The topological polar surface area (TPSA) is 214 Å². The number of unbranched alkanes of at least 4 members (excludes halogenated alkanes) is 3. The van der Waals surface area contributed by atoms with Gasteiger partial charge in [-0.2, -0.15) is 18.2 Å². The Labute approximate surface area is 405 Å². The van der Waals surface area contributed by atoms with Crippen molar-refractivity contribution in [3.05, 3.63) is 118 Å². The molecule has 0 bridgehead atoms. The molecule has 17 nitrogen and oxygen atoms in total. The third-order valence-electron chi connectivity index (χ3n) is 13.2. The second-order valence-corrected chi connectivity index (χ2v) is 18.8. The first-order valence-electron chi connectivity index (χ1n) is 23.5. The number of fused-ring (bicyclic) bond motifs is 1. The van der Waals surface area contributed by atoms with Crippen molar-refractivity contribution in [1.29, 1.82) is 0 Å². The number of nitrogens with one attached hydrogen (secondary N) is 2. The predicted molar refractivity (Wildman–Crippen MR) is 249 cm³/mol. The Hall–Kier alpha value is -6.39. The van der Waals surface area contributed by atoms with E-state index in [4.69, 9.17) is 9.72 Å². The number of halogens is 3. The highest BCUT2D eigenvalue weighted by molar-refractivity contribution is 7.10. The number of aromatic nitrogens is 6. The Balaban J connectivity index is 0.714. The first kappa shape index (κ1) is 48.6. The zero-order chi connectivity index (χ0) is 48.8. The molecule has 2 fully saturated rings. The third kappa shape index (κ3) is 11.0. The molecule has 3 aromatic heterocycles. The molecular weight excluding hydrogens is 930 g/mol. The highest BCUT2D eigenvalue weighted by Gasteiger charge is 2.46. The zero-order valence-corrected chi connectivity index (χ0v) is 39.0. The molecule has 3 aliphatic heterocycles. The van der Waals surface area contributed by atoms with Crippen LogP contribution in [0.4, 0.5) is 13.2 Å². The summed E-state index contributed by atoms with van der Waals surface area (Å²) < 4.78 is 51.5. The molecule has 0 spiro atoms. The maximum atomic E-state index is 13.6. The van der Waals surface area contributed by atoms with Crippen LogP contribution in [0.5, 0.6) is 5.75 Å². The molecule has 3 atom stereocenters. The summed E-state index contributed by atoms with van der Waals surface area (Å²) in [4.78, 5) is 52.3. The van der Waals surface area contributed by atoms with Gasteiger partial charge in [0.25, 0.3) is 17.7 Å². The average Bonchev–Trinajstić information content (AvgIpc) is 4.20. The van der Waals surface area contributed by atoms with Crippen LogP contribution in [0, 0.1) is 0 Å². The summed E-state index contributed by atoms with van der Waals surface area (Å²) in [5, 5.41) is 41.1. The number of likely N-dealkylation sites (tertiary alicyclic amines) is 1. The van der Waals surface area contributed by atoms with Crippen LogP contribution in [0.15, 0.2) is 88.9 Å². The zero-order valence-electron chi connectivity index (χ0n) is 38.2. The number of alkyl halides is 3. The number of carbonyl (C=O) groups is 3. The molecule has 3 unspecified atom stereocenters. The second-order valence-electron chi connectivity index (χ2n) is 18.0. The van der Waals surface area contributed by atoms with Gasteiger partial charge in [-0.25, -0.2) is 4.98 Å². The molecule has 368 valence electrons. The van der Waals surface area contributed by atoms with Gasteiger partial charge in [-0.1, -0.05) is 71.7 Å². The normalized spacial score (nSPS) is 19.4. The lowest BCUT2D eigenvalue weighted by Gasteiger charge is -2.40. The van der Waals surface area contributed by atoms with Gasteiger partial charge in [0.1, 0.15) is 23.2 Å². The Morgan fingerprint density at radius 3 is 2.49 bits per heavy atom. The number of hydrogen-bond donors (Lipinski definition) is 4. The van der Waals surface area contributed by atoms with E-state index in [1.54, 1.807) is 46.4 Å². The number of aliphatic hydroxyl groups excluding tert-OH is 2. The minimum absolute atomic E-state index is 0.180. The average molecular weight is 983 g/mol. The second kappa shape index (κ2) is 21.3. The molecule has 9 rings (SSSR count). The van der Waals surface area contributed by atoms with Crippen molar-refractivity contribution in [3.63, 3.8) is 0 Å². The first-order chi connectivity index (χ1) is 33.8. The molecule has 70 heavy (non-hydrogen) atoms. The number of rotatable bonds is 19. The van der Waals surface area contributed by atoms with E-state index in [1.807, 2.05) is 36.5 Å². The van der Waals surface area contributed by atoms with Crippen LogP contribution >= 0.6 is 11.3 Å². The summed E-state index contributed by atoms with van der Waals surface area (Å²) >= 11 is 1.59. The Bertz CT molecular complexity index is 2780. The maximum Gasteiger partial charge on any atom is 0.471 e. The summed E-state index contributed by atoms with van der Waals surface area (Å²) in [6, 6.07) is 20.2. The number of ether oxygens (including phenoxy) is 1. The number of aliphatic hydroxyl groups is 2. The molecule has 3 amide bonds. The lowest BCUT2D eigenvalue weighted by atomic mass is 9.78. The van der Waals surface area contributed by atoms with E-state index >= 15 is 0 Å². The van der Waals surface area contributed by atoms with Gasteiger partial charge in [-0.05, 0) is 88.8 Å². The molecule has 3 aromatic carbocycles. The van der Waals surface area contributed by atoms with Crippen LogP contribution in [-0.2, 0) is 24.6 Å². The van der Waals surface area contributed by atoms with Gasteiger partial charge in [-0.15, -0.1) is 16.4 Å². The minimum atomic E-state index is -4.78. The van der Waals surface area contributed by atoms with Crippen molar-refractivity contribution >= 4 is 29.1 Å². The van der Waals surface area contributed by atoms with Crippen molar-refractivity contribution < 1.29 is 47.0 Å². The Kier molecular flexibility index (Phi) is 14.8. The first-order valence-corrected chi connectivity index (χ1v) is 24.4. The third-order valence-corrected chi connectivity index (χ3v) is 14.3. The smallest absolute Gasteiger partial charge is 0.471 e. The van der Waals surface area contributed by atoms with Gasteiger partial charge in [0.15, 0.2) is 0 Å². The molecule has 3 aliphatic rings. The van der Waals surface area contributed by atoms with E-state index in [1.165, 1.54) is 12.1 Å². The predicted octanol–water partition coefficient (Wildman–Crippen LogP) is 6.49. The quantitative estimate of drug-likeness (QED) is 0.0505. The van der Waals surface area contributed by atoms with E-state index in [9.17, 15) is 37.8 Å². The molecule has 0 radical (unpaired) electrons. The number of hydrogen-bond acceptors (Lipinski definition) is 15. The van der Waals surface area contributed by atoms with Crippen LogP contribution in [0.1, 0.15) is 105 Å². The van der Waals surface area contributed by atoms with E-state index in [-0.39, 0.29) is 47.0 Å². The largest absolute Gasteiger partial charge is 0.493 e. The van der Waals surface area contributed by atoms with Gasteiger partial charge >= 0.3 is 12.1 Å². The van der Waals surface area contributed by atoms with E-state index in [0.717, 1.165) is 91.4 Å². The van der Waals surface area contributed by atoms with E-state index in [0.29, 0.717) is 31.7 Å². The van der Waals surface area contributed by atoms with Crippen LogP contribution in [0.3, 0.4) is 0 Å². The number of benzene rings is 3. The number of imide groups is 1. The van der Waals surface area contributed by atoms with Gasteiger partial charge in [0.05, 0.1) is 35.2 Å². The Morgan fingerprint density at radius 1 is 0.914 bits per heavy atom. The molecule has 21 heteroatoms. The van der Waals surface area contributed by atoms with Gasteiger partial charge < -0.3 is 29.7 Å². The van der Waals surface area contributed by atoms with Crippen LogP contribution in [-0.4, -0.2) is 119 Å². The SMILES string of the molecule is O=C(NCC1(c2nc(-c3ccccc3)cs2)CCN(CCCCCCc2cn(CCCOc3cccc4c3C(=O)N(C3CCC(O)NC3O)C4=O)nn2)CC1)c1cccc(-c2noc(C(F)(F)F)n2)c1. The van der Waals surface area contributed by atoms with E-state index in [2.05, 4.69) is 45.9 Å². The molecule has 0 saturated carbocycles. The molecule has 4 N–H and O–H groups in total. The molecular formula is C49H53F3N10O7S. The van der Waals surface area contributed by atoms with Crippen molar-refractivity contribution in [3.8, 4) is 28.4 Å². The Morgan fingerprint density at radius 2 is 1.70 bits per heavy atom. The molecule has 6 heterocycles. The van der Waals surface area contributed by atoms with Crippen molar-refractivity contribution in [2.24, 2.45) is 0 Å². The number of piperidine rings is 2. The standard InChI is InChI=1S/C49H53F3N10O7S/c50-49(51,52)46-56-41(58-69-46)32-13-8-14-33(27-32)42(64)53-30-48(47-54-36(29-70-47)31-11-4-3-5-12-31)20-24-60(25-21-48)22-7-2-1-6-15-34-28-61(59-57-34)23-10-26-68-38-17-9-16-35-40(38)45(67)62(44(35)66)37-18-19-39(63)55-43(37)65/h3-5,8-9,11-14,16-17,27-29,37,39,43,55,63,65H,1-2,6-7,10,15,18-26,30H2,(H,53,64). The fourth-order valence-electron chi connectivity index (χ4n) is 9.35. The summed E-state index contributed by atoms with van der Waals surface area (Å²) in [5.41, 5.74) is 3.29. The minimum Gasteiger partial charge on any atom is -0.493 e. The number of amides is 3. The van der Waals surface area contributed by atoms with Crippen LogP contribution < -0.4 is 15.4 Å². The summed E-state index contributed by atoms with van der Waals surface area (Å²) in [6.45, 7) is 3.79. The number of thiazole rings is 1. The van der Waals surface area contributed by atoms with Gasteiger partial charge in [0, 0.05) is 53.2 Å².